The summed E-state index contributed by atoms with van der Waals surface area (Å²) in [7, 11) is 0. The molecule has 0 unspecified atom stereocenters. The maximum absolute atomic E-state index is 11.4. The van der Waals surface area contributed by atoms with Crippen LogP contribution in [0.4, 0.5) is 5.69 Å². The largest absolute Gasteiger partial charge is 0.317 e. The van der Waals surface area contributed by atoms with Gasteiger partial charge in [0, 0.05) is 5.02 Å². The molecular weight excluding hydrogens is 225 g/mol. The number of carbonyl (C=O) groups excluding carboxylic acids is 2. The second-order valence-electron chi connectivity index (χ2n) is 3.00. The molecule has 0 saturated carbocycles. The van der Waals surface area contributed by atoms with Gasteiger partial charge in [0.05, 0.1) is 16.3 Å². The minimum atomic E-state index is -0.660. The van der Waals surface area contributed by atoms with Crippen molar-refractivity contribution in [3.63, 3.8) is 0 Å². The highest BCUT2D eigenvalue weighted by molar-refractivity contribution is 6.54. The highest BCUT2D eigenvalue weighted by atomic mass is 35.5. The van der Waals surface area contributed by atoms with Crippen molar-refractivity contribution < 1.29 is 9.59 Å². The number of Topliss-reactive ketones (excluding diaryl/α,β-unsaturated/α-hetero) is 1. The molecule has 0 atom stereocenters. The van der Waals surface area contributed by atoms with Gasteiger partial charge in [-0.3, -0.25) is 9.59 Å². The Morgan fingerprint density at radius 2 is 1.86 bits per heavy atom. The molecule has 0 spiro atoms. The van der Waals surface area contributed by atoms with Crippen LogP contribution in [0.1, 0.15) is 15.9 Å². The van der Waals surface area contributed by atoms with E-state index in [2.05, 4.69) is 5.32 Å². The predicted molar refractivity (Wildman–Crippen MR) is 54.2 cm³/mol. The minimum Gasteiger partial charge on any atom is -0.317 e. The summed E-state index contributed by atoms with van der Waals surface area (Å²) in [5, 5.41) is 3.08. The molecule has 14 heavy (non-hydrogen) atoms. The standard InChI is InChI=1S/C9H5Cl2NO2/c1-3-4(10)2-5(11)7-6(3)8(13)9(14)12-7/h2H,1H3,(H,12,13,14). The summed E-state index contributed by atoms with van der Waals surface area (Å²) in [5.41, 5.74) is 1.23. The van der Waals surface area contributed by atoms with E-state index in [9.17, 15) is 9.59 Å². The highest BCUT2D eigenvalue weighted by Gasteiger charge is 2.32. The number of hydrogen-bond acceptors (Lipinski definition) is 2. The smallest absolute Gasteiger partial charge is 0.296 e. The van der Waals surface area contributed by atoms with E-state index in [0.29, 0.717) is 16.3 Å². The van der Waals surface area contributed by atoms with E-state index in [1.807, 2.05) is 0 Å². The van der Waals surface area contributed by atoms with E-state index in [0.717, 1.165) is 0 Å². The fourth-order valence-corrected chi connectivity index (χ4v) is 1.92. The Morgan fingerprint density at radius 3 is 2.50 bits per heavy atom. The number of carbonyl (C=O) groups is 2. The Kier molecular flexibility index (Phi) is 2.01. The molecule has 1 aliphatic heterocycles. The molecule has 5 heteroatoms. The number of halogens is 2. The van der Waals surface area contributed by atoms with Crippen LogP contribution in [0, 0.1) is 6.92 Å². The Morgan fingerprint density at radius 1 is 1.21 bits per heavy atom. The SMILES string of the molecule is Cc1c(Cl)cc(Cl)c2c1C(=O)C(=O)N2. The molecular formula is C9H5Cl2NO2. The monoisotopic (exact) mass is 229 g/mol. The lowest BCUT2D eigenvalue weighted by atomic mass is 10.1. The van der Waals surface area contributed by atoms with E-state index >= 15 is 0 Å². The van der Waals surface area contributed by atoms with E-state index in [1.54, 1.807) is 6.92 Å². The van der Waals surface area contributed by atoms with Crippen molar-refractivity contribution in [2.75, 3.05) is 5.32 Å². The van der Waals surface area contributed by atoms with E-state index < -0.39 is 11.7 Å². The van der Waals surface area contributed by atoms with E-state index in [4.69, 9.17) is 23.2 Å². The molecule has 72 valence electrons. The zero-order valence-electron chi connectivity index (χ0n) is 7.15. The second-order valence-corrected chi connectivity index (χ2v) is 3.81. The third kappa shape index (κ3) is 1.13. The first-order valence-corrected chi connectivity index (χ1v) is 4.62. The van der Waals surface area contributed by atoms with E-state index in [1.165, 1.54) is 6.07 Å². The zero-order valence-corrected chi connectivity index (χ0v) is 8.66. The Bertz CT molecular complexity index is 468. The van der Waals surface area contributed by atoms with Crippen LogP contribution in [0.25, 0.3) is 0 Å². The lowest BCUT2D eigenvalue weighted by Crippen LogP contribution is -2.12. The maximum Gasteiger partial charge on any atom is 0.296 e. The maximum atomic E-state index is 11.4. The topological polar surface area (TPSA) is 46.2 Å². The van der Waals surface area contributed by atoms with Gasteiger partial charge in [-0.1, -0.05) is 23.2 Å². The summed E-state index contributed by atoms with van der Waals surface area (Å²) in [6.07, 6.45) is 0. The van der Waals surface area contributed by atoms with Crippen LogP contribution in [-0.4, -0.2) is 11.7 Å². The molecule has 0 saturated heterocycles. The summed E-state index contributed by atoms with van der Waals surface area (Å²) in [6.45, 7) is 1.68. The molecule has 1 heterocycles. The molecule has 3 nitrogen and oxygen atoms in total. The van der Waals surface area contributed by atoms with Crippen molar-refractivity contribution in [2.45, 2.75) is 6.92 Å². The van der Waals surface area contributed by atoms with Gasteiger partial charge in [-0.05, 0) is 18.6 Å². The summed E-state index contributed by atoms with van der Waals surface area (Å²) < 4.78 is 0. The van der Waals surface area contributed by atoms with Gasteiger partial charge in [0.2, 0.25) is 0 Å². The first-order valence-electron chi connectivity index (χ1n) is 3.86. The summed E-state index contributed by atoms with van der Waals surface area (Å²) in [5.74, 6) is -1.24. The number of anilines is 1. The third-order valence-corrected chi connectivity index (χ3v) is 2.84. The number of rotatable bonds is 0. The number of fused-ring (bicyclic) bond motifs is 1. The van der Waals surface area contributed by atoms with Gasteiger partial charge < -0.3 is 5.32 Å². The van der Waals surface area contributed by atoms with Gasteiger partial charge in [-0.15, -0.1) is 0 Å². The van der Waals surface area contributed by atoms with Gasteiger partial charge >= 0.3 is 0 Å². The van der Waals surface area contributed by atoms with E-state index in [-0.39, 0.29) is 10.6 Å². The highest BCUT2D eigenvalue weighted by Crippen LogP contribution is 2.37. The van der Waals surface area contributed by atoms with Crippen LogP contribution in [0.15, 0.2) is 6.07 Å². The van der Waals surface area contributed by atoms with Gasteiger partial charge in [-0.2, -0.15) is 0 Å². The van der Waals surface area contributed by atoms with Gasteiger partial charge in [0.15, 0.2) is 0 Å². The van der Waals surface area contributed by atoms with Crippen LogP contribution in [0.2, 0.25) is 10.0 Å². The molecule has 0 aromatic heterocycles. The first kappa shape index (κ1) is 9.49. The minimum absolute atomic E-state index is 0.285. The molecule has 2 rings (SSSR count). The molecule has 1 amide bonds. The third-order valence-electron chi connectivity index (χ3n) is 2.15. The van der Waals surface area contributed by atoms with Gasteiger partial charge in [0.25, 0.3) is 11.7 Å². The molecule has 0 fully saturated rings. The van der Waals surface area contributed by atoms with Gasteiger partial charge in [0.1, 0.15) is 0 Å². The van der Waals surface area contributed by atoms with Crippen LogP contribution in [0.5, 0.6) is 0 Å². The number of amides is 1. The zero-order chi connectivity index (χ0) is 10.5. The van der Waals surface area contributed by atoms with Crippen molar-refractivity contribution >= 4 is 40.6 Å². The Balaban J connectivity index is 2.80. The fraction of sp³-hybridized carbons (Fsp3) is 0.111. The normalized spacial score (nSPS) is 14.2. The molecule has 1 aromatic rings. The van der Waals surface area contributed by atoms with Crippen molar-refractivity contribution in [3.8, 4) is 0 Å². The van der Waals surface area contributed by atoms with Crippen molar-refractivity contribution in [1.29, 1.82) is 0 Å². The van der Waals surface area contributed by atoms with Crippen molar-refractivity contribution in [3.05, 3.63) is 27.2 Å². The molecule has 0 aliphatic carbocycles. The quantitative estimate of drug-likeness (QED) is 0.695. The molecule has 0 radical (unpaired) electrons. The number of nitrogens with one attached hydrogen (secondary N) is 1. The van der Waals surface area contributed by atoms with Crippen molar-refractivity contribution in [2.24, 2.45) is 0 Å². The predicted octanol–water partition coefficient (Wildman–Crippen LogP) is 2.44. The Hall–Kier alpha value is -1.06. The fourth-order valence-electron chi connectivity index (χ4n) is 1.41. The summed E-state index contributed by atoms with van der Waals surface area (Å²) in [6, 6.07) is 1.51. The first-order chi connectivity index (χ1) is 6.52. The molecule has 1 aliphatic rings. The van der Waals surface area contributed by atoms with Crippen LogP contribution in [-0.2, 0) is 4.79 Å². The number of ketones is 1. The van der Waals surface area contributed by atoms with Crippen molar-refractivity contribution in [1.82, 2.24) is 0 Å². The lowest BCUT2D eigenvalue weighted by molar-refractivity contribution is -0.112. The summed E-state index contributed by atoms with van der Waals surface area (Å²) in [4.78, 5) is 22.5. The molecule has 1 aromatic carbocycles. The second kappa shape index (κ2) is 2.97. The van der Waals surface area contributed by atoms with Crippen LogP contribution < -0.4 is 5.32 Å². The number of benzene rings is 1. The summed E-state index contributed by atoms with van der Waals surface area (Å²) >= 11 is 11.7. The Labute approximate surface area is 90.0 Å². The van der Waals surface area contributed by atoms with Crippen LogP contribution in [0.3, 0.4) is 0 Å². The van der Waals surface area contributed by atoms with Gasteiger partial charge in [-0.25, -0.2) is 0 Å². The van der Waals surface area contributed by atoms with Crippen LogP contribution >= 0.6 is 23.2 Å². The lowest BCUT2D eigenvalue weighted by Gasteiger charge is -2.05. The average molecular weight is 230 g/mol. The molecule has 0 bridgehead atoms. The molecule has 1 N–H and O–H groups in total. The number of hydrogen-bond donors (Lipinski definition) is 1. The average Bonchev–Trinajstić information content (AvgIpc) is 2.41.